The molecule has 10 heteroatoms. The van der Waals surface area contributed by atoms with Crippen molar-refractivity contribution in [3.8, 4) is 0 Å². The summed E-state index contributed by atoms with van der Waals surface area (Å²) in [5, 5.41) is 9.58. The number of hydrogen-bond donors (Lipinski definition) is 1. The molecule has 1 aliphatic heterocycles. The summed E-state index contributed by atoms with van der Waals surface area (Å²) in [6.45, 7) is 0.960. The Hall–Kier alpha value is -3.27. The van der Waals surface area contributed by atoms with Crippen molar-refractivity contribution >= 4 is 22.2 Å². The first kappa shape index (κ1) is 18.7. The predicted molar refractivity (Wildman–Crippen MR) is 111 cm³/mol. The lowest BCUT2D eigenvalue weighted by atomic mass is 10.1. The molecule has 4 aromatic rings. The van der Waals surface area contributed by atoms with E-state index in [1.807, 2.05) is 34.3 Å². The fourth-order valence-corrected chi connectivity index (χ4v) is 4.56. The Labute approximate surface area is 176 Å². The molecule has 4 aromatic heterocycles. The molecule has 0 radical (unpaired) electrons. The second-order valence-corrected chi connectivity index (χ2v) is 8.34. The van der Waals surface area contributed by atoms with E-state index in [-0.39, 0.29) is 24.1 Å². The van der Waals surface area contributed by atoms with E-state index >= 15 is 0 Å². The van der Waals surface area contributed by atoms with Crippen molar-refractivity contribution in [1.82, 2.24) is 34.0 Å². The van der Waals surface area contributed by atoms with Crippen molar-refractivity contribution in [3.63, 3.8) is 0 Å². The van der Waals surface area contributed by atoms with Gasteiger partial charge in [-0.15, -0.1) is 11.3 Å². The van der Waals surface area contributed by atoms with Crippen LogP contribution in [0.3, 0.4) is 0 Å². The summed E-state index contributed by atoms with van der Waals surface area (Å²) in [6, 6.07) is 3.80. The van der Waals surface area contributed by atoms with Crippen LogP contribution in [0.25, 0.3) is 4.96 Å². The summed E-state index contributed by atoms with van der Waals surface area (Å²) in [5.41, 5.74) is 1.59. The number of carbonyl (C=O) groups excluding carboxylic acids is 1. The van der Waals surface area contributed by atoms with Crippen molar-refractivity contribution in [3.05, 3.63) is 69.9 Å². The second-order valence-electron chi connectivity index (χ2n) is 7.46. The number of pyridine rings is 1. The standard InChI is InChI=1S/C20H21N7O2S/c28-18(10-16-13-25-8-9-30-19(25)23-16)22-15-3-4-17-24-27(20(29)26(17)7-5-15)12-14-2-1-6-21-11-14/h1-2,6,8-9,11,13,15H,3-5,7,10,12H2,(H,22,28). The molecule has 1 atom stereocenters. The molecule has 154 valence electrons. The monoisotopic (exact) mass is 423 g/mol. The highest BCUT2D eigenvalue weighted by Gasteiger charge is 2.22. The number of aromatic nitrogens is 6. The van der Waals surface area contributed by atoms with Crippen LogP contribution in [0.2, 0.25) is 0 Å². The molecule has 0 saturated carbocycles. The number of carbonyl (C=O) groups is 1. The summed E-state index contributed by atoms with van der Waals surface area (Å²) in [5.74, 6) is 0.731. The van der Waals surface area contributed by atoms with Gasteiger partial charge in [0.25, 0.3) is 0 Å². The molecule has 5 rings (SSSR count). The Morgan fingerprint density at radius 1 is 1.33 bits per heavy atom. The third kappa shape index (κ3) is 3.78. The SMILES string of the molecule is O=C(Cc1cn2ccsc2n1)NC1CCc2nn(Cc3cccnc3)c(=O)n2CC1. The highest BCUT2D eigenvalue weighted by Crippen LogP contribution is 2.14. The topological polar surface area (TPSA) is 99.1 Å². The van der Waals surface area contributed by atoms with Crippen LogP contribution in [0.1, 0.15) is 29.9 Å². The van der Waals surface area contributed by atoms with Gasteiger partial charge in [-0.25, -0.2) is 14.5 Å². The summed E-state index contributed by atoms with van der Waals surface area (Å²) in [6.07, 6.45) is 9.64. The molecule has 9 nitrogen and oxygen atoms in total. The second kappa shape index (κ2) is 7.86. The minimum atomic E-state index is -0.112. The molecule has 0 fully saturated rings. The van der Waals surface area contributed by atoms with Gasteiger partial charge in [0.1, 0.15) is 5.82 Å². The molecular formula is C20H21N7O2S. The van der Waals surface area contributed by atoms with Gasteiger partial charge in [-0.05, 0) is 24.5 Å². The molecule has 1 N–H and O–H groups in total. The lowest BCUT2D eigenvalue weighted by Crippen LogP contribution is -2.36. The third-order valence-electron chi connectivity index (χ3n) is 5.32. The summed E-state index contributed by atoms with van der Waals surface area (Å²) in [7, 11) is 0. The van der Waals surface area contributed by atoms with E-state index in [9.17, 15) is 9.59 Å². The molecule has 1 amide bonds. The van der Waals surface area contributed by atoms with E-state index in [2.05, 4.69) is 20.4 Å². The summed E-state index contributed by atoms with van der Waals surface area (Å²) < 4.78 is 5.15. The van der Waals surface area contributed by atoms with Gasteiger partial charge in [0.15, 0.2) is 4.96 Å². The maximum Gasteiger partial charge on any atom is 0.346 e. The van der Waals surface area contributed by atoms with Gasteiger partial charge in [-0.2, -0.15) is 5.10 Å². The van der Waals surface area contributed by atoms with E-state index in [0.717, 1.165) is 28.5 Å². The van der Waals surface area contributed by atoms with Crippen LogP contribution in [0.4, 0.5) is 0 Å². The normalized spacial score (nSPS) is 16.3. The van der Waals surface area contributed by atoms with E-state index in [1.54, 1.807) is 28.3 Å². The average molecular weight is 424 g/mol. The van der Waals surface area contributed by atoms with Crippen molar-refractivity contribution in [1.29, 1.82) is 0 Å². The van der Waals surface area contributed by atoms with Gasteiger partial charge in [0, 0.05) is 49.2 Å². The maximum absolute atomic E-state index is 12.7. The number of hydrogen-bond acceptors (Lipinski definition) is 6. The van der Waals surface area contributed by atoms with Crippen LogP contribution < -0.4 is 11.0 Å². The minimum absolute atomic E-state index is 0.0223. The molecule has 0 saturated heterocycles. The Bertz CT molecular complexity index is 1210. The average Bonchev–Trinajstić information content (AvgIpc) is 3.35. The highest BCUT2D eigenvalue weighted by molar-refractivity contribution is 7.15. The minimum Gasteiger partial charge on any atom is -0.353 e. The first-order valence-corrected chi connectivity index (χ1v) is 10.8. The first-order valence-electron chi connectivity index (χ1n) is 9.91. The highest BCUT2D eigenvalue weighted by atomic mass is 32.1. The number of imidazole rings is 1. The van der Waals surface area contributed by atoms with Gasteiger partial charge < -0.3 is 5.32 Å². The Kier molecular flexibility index (Phi) is 4.91. The van der Waals surface area contributed by atoms with E-state index in [4.69, 9.17) is 0 Å². The predicted octanol–water partition coefficient (Wildman–Crippen LogP) is 1.26. The fraction of sp³-hybridized carbons (Fsp3) is 0.350. The quantitative estimate of drug-likeness (QED) is 0.521. The number of nitrogens with zero attached hydrogens (tertiary/aromatic N) is 6. The Balaban J connectivity index is 1.21. The number of amides is 1. The van der Waals surface area contributed by atoms with Crippen LogP contribution in [0, 0.1) is 0 Å². The lowest BCUT2D eigenvalue weighted by molar-refractivity contribution is -0.121. The molecular weight excluding hydrogens is 402 g/mol. The number of aryl methyl sites for hydroxylation is 1. The third-order valence-corrected chi connectivity index (χ3v) is 6.09. The van der Waals surface area contributed by atoms with Gasteiger partial charge >= 0.3 is 5.69 Å². The van der Waals surface area contributed by atoms with Gasteiger partial charge in [0.05, 0.1) is 18.7 Å². The molecule has 1 unspecified atom stereocenters. The molecule has 0 aromatic carbocycles. The van der Waals surface area contributed by atoms with Crippen molar-refractivity contribution in [2.45, 2.75) is 44.8 Å². The largest absolute Gasteiger partial charge is 0.353 e. The number of rotatable bonds is 5. The lowest BCUT2D eigenvalue weighted by Gasteiger charge is -2.15. The van der Waals surface area contributed by atoms with Gasteiger partial charge in [-0.3, -0.25) is 18.7 Å². The van der Waals surface area contributed by atoms with Crippen LogP contribution >= 0.6 is 11.3 Å². The van der Waals surface area contributed by atoms with Crippen LogP contribution in [0.15, 0.2) is 47.1 Å². The first-order chi connectivity index (χ1) is 14.7. The zero-order chi connectivity index (χ0) is 20.5. The zero-order valence-corrected chi connectivity index (χ0v) is 17.1. The smallest absolute Gasteiger partial charge is 0.346 e. The van der Waals surface area contributed by atoms with Crippen molar-refractivity contribution in [2.75, 3.05) is 0 Å². The van der Waals surface area contributed by atoms with Crippen LogP contribution in [-0.2, 0) is 30.7 Å². The summed E-state index contributed by atoms with van der Waals surface area (Å²) >= 11 is 1.55. The molecule has 1 aliphatic rings. The molecule has 30 heavy (non-hydrogen) atoms. The van der Waals surface area contributed by atoms with Crippen LogP contribution in [-0.4, -0.2) is 40.7 Å². The molecule has 5 heterocycles. The number of fused-ring (bicyclic) bond motifs is 2. The summed E-state index contributed by atoms with van der Waals surface area (Å²) in [4.78, 5) is 34.7. The van der Waals surface area contributed by atoms with Crippen LogP contribution in [0.5, 0.6) is 0 Å². The van der Waals surface area contributed by atoms with Crippen molar-refractivity contribution in [2.24, 2.45) is 0 Å². The fourth-order valence-electron chi connectivity index (χ4n) is 3.84. The van der Waals surface area contributed by atoms with Crippen molar-refractivity contribution < 1.29 is 4.79 Å². The molecule has 0 aliphatic carbocycles. The van der Waals surface area contributed by atoms with E-state index in [1.165, 1.54) is 4.68 Å². The molecule has 0 bridgehead atoms. The van der Waals surface area contributed by atoms with E-state index < -0.39 is 0 Å². The number of thiazole rings is 1. The molecule has 0 spiro atoms. The Morgan fingerprint density at radius 2 is 2.27 bits per heavy atom. The Morgan fingerprint density at radius 3 is 3.10 bits per heavy atom. The van der Waals surface area contributed by atoms with Gasteiger partial charge in [-0.1, -0.05) is 6.07 Å². The van der Waals surface area contributed by atoms with Gasteiger partial charge in [0.2, 0.25) is 5.91 Å². The zero-order valence-electron chi connectivity index (χ0n) is 16.3. The number of nitrogens with one attached hydrogen (secondary N) is 1. The van der Waals surface area contributed by atoms with E-state index in [0.29, 0.717) is 25.9 Å². The maximum atomic E-state index is 12.7.